The molecule has 1 aromatic heterocycles. The van der Waals surface area contributed by atoms with Crippen LogP contribution in [0.4, 0.5) is 10.3 Å². The van der Waals surface area contributed by atoms with Gasteiger partial charge in [0.1, 0.15) is 5.82 Å². The van der Waals surface area contributed by atoms with Gasteiger partial charge in [0.2, 0.25) is 5.95 Å². The van der Waals surface area contributed by atoms with Crippen molar-refractivity contribution < 1.29 is 9.13 Å². The van der Waals surface area contributed by atoms with Crippen LogP contribution in [0.2, 0.25) is 0 Å². The first-order valence-electron chi connectivity index (χ1n) is 5.94. The molecule has 0 radical (unpaired) electrons. The quantitative estimate of drug-likeness (QED) is 0.917. The molecule has 7 heteroatoms. The van der Waals surface area contributed by atoms with Gasteiger partial charge < -0.3 is 10.1 Å². The van der Waals surface area contributed by atoms with Gasteiger partial charge >= 0.3 is 6.01 Å². The average Bonchev–Trinajstić information content (AvgIpc) is 2.46. The molecule has 0 atom stereocenters. The summed E-state index contributed by atoms with van der Waals surface area (Å²) >= 11 is 0. The standard InChI is InChI=1S/C13H12FN5O/c1-3-20-13-18-11(17-12(16-2)19-13)9-4-8(7-15)5-10(14)6-9/h4-6H,3H2,1-2H3,(H,16,17,18,19). The summed E-state index contributed by atoms with van der Waals surface area (Å²) in [5.74, 6) is 0.0217. The number of hydrogen-bond donors (Lipinski definition) is 1. The molecule has 0 spiro atoms. The monoisotopic (exact) mass is 273 g/mol. The van der Waals surface area contributed by atoms with E-state index < -0.39 is 5.82 Å². The van der Waals surface area contributed by atoms with Crippen LogP contribution in [0.3, 0.4) is 0 Å². The molecule has 0 fully saturated rings. The summed E-state index contributed by atoms with van der Waals surface area (Å²) in [6.07, 6.45) is 0. The Morgan fingerprint density at radius 3 is 2.75 bits per heavy atom. The number of ether oxygens (including phenoxy) is 1. The first kappa shape index (κ1) is 13.7. The molecule has 0 saturated heterocycles. The Morgan fingerprint density at radius 1 is 1.30 bits per heavy atom. The van der Waals surface area contributed by atoms with Crippen LogP contribution >= 0.6 is 0 Å². The molecule has 6 nitrogen and oxygen atoms in total. The third-order valence-corrected chi connectivity index (χ3v) is 2.40. The predicted molar refractivity (Wildman–Crippen MR) is 70.7 cm³/mol. The highest BCUT2D eigenvalue weighted by molar-refractivity contribution is 5.59. The van der Waals surface area contributed by atoms with Crippen molar-refractivity contribution in [1.82, 2.24) is 15.0 Å². The maximum absolute atomic E-state index is 13.5. The molecule has 2 aromatic rings. The Hall–Kier alpha value is -2.75. The van der Waals surface area contributed by atoms with Crippen molar-refractivity contribution in [3.05, 3.63) is 29.6 Å². The largest absolute Gasteiger partial charge is 0.464 e. The van der Waals surface area contributed by atoms with Gasteiger partial charge in [-0.25, -0.2) is 4.39 Å². The van der Waals surface area contributed by atoms with Gasteiger partial charge in [-0.2, -0.15) is 20.2 Å². The number of nitrogens with one attached hydrogen (secondary N) is 1. The lowest BCUT2D eigenvalue weighted by atomic mass is 10.1. The predicted octanol–water partition coefficient (Wildman–Crippen LogP) is 1.99. The van der Waals surface area contributed by atoms with Crippen LogP contribution < -0.4 is 10.1 Å². The van der Waals surface area contributed by atoms with Crippen LogP contribution in [0.15, 0.2) is 18.2 Å². The minimum atomic E-state index is -0.525. The SMILES string of the molecule is CCOc1nc(NC)nc(-c2cc(F)cc(C#N)c2)n1. The normalized spacial score (nSPS) is 9.90. The minimum Gasteiger partial charge on any atom is -0.464 e. The van der Waals surface area contributed by atoms with Gasteiger partial charge in [0.25, 0.3) is 0 Å². The van der Waals surface area contributed by atoms with E-state index in [0.29, 0.717) is 18.1 Å². The Morgan fingerprint density at radius 2 is 2.10 bits per heavy atom. The van der Waals surface area contributed by atoms with Gasteiger partial charge in [-0.15, -0.1) is 0 Å². The van der Waals surface area contributed by atoms with Crippen LogP contribution in [0.25, 0.3) is 11.4 Å². The van der Waals surface area contributed by atoms with E-state index in [-0.39, 0.29) is 17.4 Å². The van der Waals surface area contributed by atoms with Crippen molar-refractivity contribution >= 4 is 5.95 Å². The molecule has 1 aromatic carbocycles. The lowest BCUT2D eigenvalue weighted by Gasteiger charge is -2.07. The summed E-state index contributed by atoms with van der Waals surface area (Å²) in [6.45, 7) is 2.21. The number of benzene rings is 1. The zero-order valence-electron chi connectivity index (χ0n) is 11.0. The molecule has 0 aliphatic carbocycles. The van der Waals surface area contributed by atoms with Crippen molar-refractivity contribution in [3.63, 3.8) is 0 Å². The highest BCUT2D eigenvalue weighted by Crippen LogP contribution is 2.21. The molecule has 0 aliphatic rings. The maximum atomic E-state index is 13.5. The van der Waals surface area contributed by atoms with Crippen LogP contribution in [0, 0.1) is 17.1 Å². The number of anilines is 1. The number of nitrogens with zero attached hydrogens (tertiary/aromatic N) is 4. The number of rotatable bonds is 4. The summed E-state index contributed by atoms with van der Waals surface area (Å²) in [6, 6.07) is 5.94. The highest BCUT2D eigenvalue weighted by Gasteiger charge is 2.10. The van der Waals surface area contributed by atoms with E-state index >= 15 is 0 Å². The van der Waals surface area contributed by atoms with Gasteiger partial charge in [0, 0.05) is 12.6 Å². The topological polar surface area (TPSA) is 83.7 Å². The van der Waals surface area contributed by atoms with Gasteiger partial charge in [0.15, 0.2) is 5.82 Å². The van der Waals surface area contributed by atoms with Crippen LogP contribution in [0.1, 0.15) is 12.5 Å². The number of aromatic nitrogens is 3. The molecule has 0 unspecified atom stereocenters. The zero-order chi connectivity index (χ0) is 14.5. The second-order valence-electron chi connectivity index (χ2n) is 3.79. The van der Waals surface area contributed by atoms with Crippen LogP contribution in [0.5, 0.6) is 6.01 Å². The molecule has 0 aliphatic heterocycles. The van der Waals surface area contributed by atoms with E-state index in [1.807, 2.05) is 6.07 Å². The zero-order valence-corrected chi connectivity index (χ0v) is 11.0. The Bertz CT molecular complexity index is 668. The molecule has 1 heterocycles. The fourth-order valence-corrected chi connectivity index (χ4v) is 1.57. The van der Waals surface area contributed by atoms with E-state index in [0.717, 1.165) is 6.07 Å². The third kappa shape index (κ3) is 2.98. The Labute approximate surface area is 115 Å². The first-order valence-corrected chi connectivity index (χ1v) is 5.94. The van der Waals surface area contributed by atoms with E-state index in [9.17, 15) is 4.39 Å². The van der Waals surface area contributed by atoms with Crippen molar-refractivity contribution in [2.24, 2.45) is 0 Å². The van der Waals surface area contributed by atoms with E-state index in [1.54, 1.807) is 14.0 Å². The van der Waals surface area contributed by atoms with E-state index in [4.69, 9.17) is 10.00 Å². The lowest BCUT2D eigenvalue weighted by molar-refractivity contribution is 0.312. The van der Waals surface area contributed by atoms with Crippen molar-refractivity contribution in [3.8, 4) is 23.5 Å². The van der Waals surface area contributed by atoms with Gasteiger partial charge in [-0.1, -0.05) is 0 Å². The molecular weight excluding hydrogens is 261 g/mol. The fraction of sp³-hybridized carbons (Fsp3) is 0.231. The van der Waals surface area contributed by atoms with Gasteiger partial charge in [0.05, 0.1) is 18.2 Å². The first-order chi connectivity index (χ1) is 9.66. The average molecular weight is 273 g/mol. The summed E-state index contributed by atoms with van der Waals surface area (Å²) in [5, 5.41) is 11.6. The summed E-state index contributed by atoms with van der Waals surface area (Å²) in [5.41, 5.74) is 0.589. The maximum Gasteiger partial charge on any atom is 0.321 e. The van der Waals surface area contributed by atoms with Gasteiger partial charge in [-0.3, -0.25) is 0 Å². The highest BCUT2D eigenvalue weighted by atomic mass is 19.1. The van der Waals surface area contributed by atoms with Gasteiger partial charge in [-0.05, 0) is 25.1 Å². The second-order valence-corrected chi connectivity index (χ2v) is 3.79. The number of nitriles is 1. The molecule has 1 N–H and O–H groups in total. The number of halogens is 1. The van der Waals surface area contributed by atoms with Crippen LogP contribution in [-0.4, -0.2) is 28.6 Å². The van der Waals surface area contributed by atoms with Crippen molar-refractivity contribution in [2.75, 3.05) is 19.0 Å². The third-order valence-electron chi connectivity index (χ3n) is 2.40. The fourth-order valence-electron chi connectivity index (χ4n) is 1.57. The number of hydrogen-bond acceptors (Lipinski definition) is 6. The summed E-state index contributed by atoms with van der Waals surface area (Å²) in [7, 11) is 1.65. The second kappa shape index (κ2) is 5.93. The summed E-state index contributed by atoms with van der Waals surface area (Å²) in [4.78, 5) is 12.2. The van der Waals surface area contributed by atoms with Crippen molar-refractivity contribution in [1.29, 1.82) is 5.26 Å². The van der Waals surface area contributed by atoms with Crippen molar-refractivity contribution in [2.45, 2.75) is 6.92 Å². The van der Waals surface area contributed by atoms with Crippen LogP contribution in [-0.2, 0) is 0 Å². The minimum absolute atomic E-state index is 0.143. The molecule has 20 heavy (non-hydrogen) atoms. The molecular formula is C13H12FN5O. The summed E-state index contributed by atoms with van der Waals surface area (Å²) < 4.78 is 18.7. The lowest BCUT2D eigenvalue weighted by Crippen LogP contribution is -2.05. The van der Waals surface area contributed by atoms with E-state index in [2.05, 4.69) is 20.3 Å². The Balaban J connectivity index is 2.54. The Kier molecular flexibility index (Phi) is 4.05. The molecule has 0 amide bonds. The molecule has 0 bridgehead atoms. The molecule has 2 rings (SSSR count). The van der Waals surface area contributed by atoms with E-state index in [1.165, 1.54) is 12.1 Å². The molecule has 0 saturated carbocycles. The molecule has 102 valence electrons. The smallest absolute Gasteiger partial charge is 0.321 e.